The number of hydrogen-bond acceptors (Lipinski definition) is 3. The summed E-state index contributed by atoms with van der Waals surface area (Å²) in [5, 5.41) is 4.26. The molecule has 1 saturated heterocycles. The Labute approximate surface area is 187 Å². The fourth-order valence-electron chi connectivity index (χ4n) is 4.61. The van der Waals surface area contributed by atoms with Crippen LogP contribution in [-0.2, 0) is 11.3 Å². The number of benzene rings is 3. The first-order chi connectivity index (χ1) is 15.6. The number of pyridine rings is 1. The number of hydrogen-bond donors (Lipinski definition) is 1. The summed E-state index contributed by atoms with van der Waals surface area (Å²) in [6.45, 7) is 4.61. The summed E-state index contributed by atoms with van der Waals surface area (Å²) in [5.74, 6) is 0.675. The lowest BCUT2D eigenvalue weighted by Crippen LogP contribution is -2.32. The molecule has 2 heterocycles. The van der Waals surface area contributed by atoms with Gasteiger partial charge < -0.3 is 14.8 Å². The zero-order valence-corrected chi connectivity index (χ0v) is 18.3. The Kier molecular flexibility index (Phi) is 5.39. The molecular weight excluding hydrogens is 398 g/mol. The van der Waals surface area contributed by atoms with Crippen molar-refractivity contribution in [2.45, 2.75) is 26.3 Å². The molecule has 1 aromatic heterocycles. The van der Waals surface area contributed by atoms with Crippen LogP contribution in [0.15, 0.2) is 77.6 Å². The van der Waals surface area contributed by atoms with Crippen LogP contribution in [0.2, 0.25) is 0 Å². The van der Waals surface area contributed by atoms with Crippen LogP contribution in [0.1, 0.15) is 19.8 Å². The molecule has 0 unspecified atom stereocenters. The minimum absolute atomic E-state index is 0.00412. The van der Waals surface area contributed by atoms with Crippen molar-refractivity contribution in [2.75, 3.05) is 23.3 Å². The molecule has 1 N–H and O–H groups in total. The number of amides is 1. The van der Waals surface area contributed by atoms with E-state index in [9.17, 15) is 9.59 Å². The van der Waals surface area contributed by atoms with Crippen molar-refractivity contribution >= 4 is 39.1 Å². The average Bonchev–Trinajstić information content (AvgIpc) is 2.83. The highest BCUT2D eigenvalue weighted by atomic mass is 16.2. The number of carbonyl (C=O) groups excluding carboxylic acids is 1. The van der Waals surface area contributed by atoms with Gasteiger partial charge in [-0.25, -0.2) is 0 Å². The minimum atomic E-state index is -0.122. The molecule has 162 valence electrons. The van der Waals surface area contributed by atoms with Crippen LogP contribution in [-0.4, -0.2) is 23.6 Å². The van der Waals surface area contributed by atoms with Gasteiger partial charge >= 0.3 is 0 Å². The molecule has 5 rings (SSSR count). The molecule has 0 radical (unpaired) electrons. The van der Waals surface area contributed by atoms with Gasteiger partial charge in [0.1, 0.15) is 6.54 Å². The van der Waals surface area contributed by atoms with Gasteiger partial charge in [-0.05, 0) is 67.3 Å². The van der Waals surface area contributed by atoms with Gasteiger partial charge in [0.15, 0.2) is 5.43 Å². The molecule has 0 atom stereocenters. The van der Waals surface area contributed by atoms with E-state index in [0.717, 1.165) is 35.7 Å². The third-order valence-electron chi connectivity index (χ3n) is 6.48. The number of aromatic nitrogens is 1. The maximum absolute atomic E-state index is 13.0. The molecule has 1 aliphatic heterocycles. The molecule has 0 aliphatic carbocycles. The zero-order valence-electron chi connectivity index (χ0n) is 18.3. The minimum Gasteiger partial charge on any atom is -0.372 e. The summed E-state index contributed by atoms with van der Waals surface area (Å²) in [7, 11) is 0. The van der Waals surface area contributed by atoms with E-state index in [1.165, 1.54) is 18.5 Å². The van der Waals surface area contributed by atoms with Crippen molar-refractivity contribution in [3.05, 3.63) is 83.0 Å². The fourth-order valence-corrected chi connectivity index (χ4v) is 4.61. The van der Waals surface area contributed by atoms with Crippen LogP contribution in [0.3, 0.4) is 0 Å². The molecule has 0 bridgehead atoms. The third kappa shape index (κ3) is 3.86. The first kappa shape index (κ1) is 20.3. The van der Waals surface area contributed by atoms with Crippen molar-refractivity contribution in [2.24, 2.45) is 5.92 Å². The maximum Gasteiger partial charge on any atom is 0.244 e. The standard InChI is InChI=1S/C27H27N3O2/c1-19-14-16-29(17-15-19)21-12-10-20(11-13-21)28-26(31)18-30-24-8-4-2-6-22(24)27(32)23-7-3-5-9-25(23)30/h2-13,19H,14-18H2,1H3,(H,28,31). The van der Waals surface area contributed by atoms with Crippen LogP contribution in [0.4, 0.5) is 11.4 Å². The fraction of sp³-hybridized carbons (Fsp3) is 0.259. The number of fused-ring (bicyclic) bond motifs is 2. The van der Waals surface area contributed by atoms with Gasteiger partial charge in [0.2, 0.25) is 5.91 Å². The summed E-state index contributed by atoms with van der Waals surface area (Å²) in [4.78, 5) is 28.2. The van der Waals surface area contributed by atoms with Crippen molar-refractivity contribution < 1.29 is 4.79 Å². The third-order valence-corrected chi connectivity index (χ3v) is 6.48. The lowest BCUT2D eigenvalue weighted by atomic mass is 9.99. The van der Waals surface area contributed by atoms with E-state index in [1.54, 1.807) is 0 Å². The van der Waals surface area contributed by atoms with Gasteiger partial charge in [-0.15, -0.1) is 0 Å². The van der Waals surface area contributed by atoms with Crippen molar-refractivity contribution in [3.63, 3.8) is 0 Å². The summed E-state index contributed by atoms with van der Waals surface area (Å²) < 4.78 is 1.92. The van der Waals surface area contributed by atoms with Crippen molar-refractivity contribution in [1.82, 2.24) is 4.57 Å². The van der Waals surface area contributed by atoms with E-state index in [-0.39, 0.29) is 17.9 Å². The van der Waals surface area contributed by atoms with E-state index < -0.39 is 0 Å². The number of nitrogens with one attached hydrogen (secondary N) is 1. The van der Waals surface area contributed by atoms with Crippen LogP contribution < -0.4 is 15.6 Å². The molecule has 1 aliphatic rings. The second-order valence-corrected chi connectivity index (χ2v) is 8.71. The quantitative estimate of drug-likeness (QED) is 0.467. The molecule has 32 heavy (non-hydrogen) atoms. The van der Waals surface area contributed by atoms with Crippen LogP contribution in [0.25, 0.3) is 21.8 Å². The predicted octanol–water partition coefficient (Wildman–Crippen LogP) is 5.03. The predicted molar refractivity (Wildman–Crippen MR) is 131 cm³/mol. The first-order valence-corrected chi connectivity index (χ1v) is 11.3. The van der Waals surface area contributed by atoms with E-state index >= 15 is 0 Å². The summed E-state index contributed by atoms with van der Waals surface area (Å²) >= 11 is 0. The van der Waals surface area contributed by atoms with Gasteiger partial charge in [-0.1, -0.05) is 31.2 Å². The molecular formula is C27H27N3O2. The highest BCUT2D eigenvalue weighted by molar-refractivity contribution is 5.97. The summed E-state index contributed by atoms with van der Waals surface area (Å²) in [6.07, 6.45) is 2.44. The largest absolute Gasteiger partial charge is 0.372 e. The molecule has 0 spiro atoms. The number of piperidine rings is 1. The van der Waals surface area contributed by atoms with Crippen LogP contribution in [0, 0.1) is 5.92 Å². The zero-order chi connectivity index (χ0) is 22.1. The second-order valence-electron chi connectivity index (χ2n) is 8.71. The normalized spacial score (nSPS) is 14.7. The van der Waals surface area contributed by atoms with E-state index in [0.29, 0.717) is 10.8 Å². The highest BCUT2D eigenvalue weighted by Gasteiger charge is 2.16. The topological polar surface area (TPSA) is 54.3 Å². The lowest BCUT2D eigenvalue weighted by molar-refractivity contribution is -0.116. The molecule has 4 aromatic rings. The Morgan fingerprint density at radius 2 is 1.44 bits per heavy atom. The monoisotopic (exact) mass is 425 g/mol. The van der Waals surface area contributed by atoms with Crippen LogP contribution in [0.5, 0.6) is 0 Å². The average molecular weight is 426 g/mol. The summed E-state index contributed by atoms with van der Waals surface area (Å²) in [5.41, 5.74) is 3.50. The second kappa shape index (κ2) is 8.50. The van der Waals surface area contributed by atoms with Crippen molar-refractivity contribution in [1.29, 1.82) is 0 Å². The van der Waals surface area contributed by atoms with E-state index in [1.807, 2.05) is 65.2 Å². The van der Waals surface area contributed by atoms with Gasteiger partial charge in [-0.3, -0.25) is 9.59 Å². The molecule has 5 nitrogen and oxygen atoms in total. The Morgan fingerprint density at radius 1 is 0.875 bits per heavy atom. The Morgan fingerprint density at radius 3 is 2.03 bits per heavy atom. The summed E-state index contributed by atoms with van der Waals surface area (Å²) in [6, 6.07) is 23.0. The van der Waals surface area contributed by atoms with Gasteiger partial charge in [0.05, 0.1) is 11.0 Å². The molecule has 1 fully saturated rings. The first-order valence-electron chi connectivity index (χ1n) is 11.3. The number of anilines is 2. The molecule has 0 saturated carbocycles. The smallest absolute Gasteiger partial charge is 0.244 e. The van der Waals surface area contributed by atoms with E-state index in [2.05, 4.69) is 29.3 Å². The molecule has 1 amide bonds. The highest BCUT2D eigenvalue weighted by Crippen LogP contribution is 2.24. The van der Waals surface area contributed by atoms with Gasteiger partial charge in [0.25, 0.3) is 0 Å². The number of para-hydroxylation sites is 2. The number of carbonyl (C=O) groups is 1. The molecule has 5 heteroatoms. The van der Waals surface area contributed by atoms with Crippen LogP contribution >= 0.6 is 0 Å². The van der Waals surface area contributed by atoms with E-state index in [4.69, 9.17) is 0 Å². The number of rotatable bonds is 4. The Bertz CT molecular complexity index is 1270. The van der Waals surface area contributed by atoms with Gasteiger partial charge in [-0.2, -0.15) is 0 Å². The molecule has 3 aromatic carbocycles. The number of nitrogens with zero attached hydrogens (tertiary/aromatic N) is 2. The maximum atomic E-state index is 13.0. The SMILES string of the molecule is CC1CCN(c2ccc(NC(=O)Cn3c4ccccc4c(=O)c4ccccc43)cc2)CC1. The Balaban J connectivity index is 1.38. The van der Waals surface area contributed by atoms with Crippen molar-refractivity contribution in [3.8, 4) is 0 Å². The van der Waals surface area contributed by atoms with Gasteiger partial charge in [0, 0.05) is 35.2 Å². The lowest BCUT2D eigenvalue weighted by Gasteiger charge is -2.32. The Hall–Kier alpha value is -3.60.